The predicted molar refractivity (Wildman–Crippen MR) is 43.1 cm³/mol. The Morgan fingerprint density at radius 3 is 3.00 bits per heavy atom. The van der Waals surface area contributed by atoms with Crippen molar-refractivity contribution in [1.29, 1.82) is 1.43 Å². The quantitative estimate of drug-likeness (QED) is 0.623. The molecule has 2 nitrogen and oxygen atoms in total. The lowest BCUT2D eigenvalue weighted by molar-refractivity contribution is -0.127. The molecule has 0 bridgehead atoms. The number of carbonyl (C=O) groups excluding carboxylic acids is 1. The molecule has 60 valence electrons. The summed E-state index contributed by atoms with van der Waals surface area (Å²) >= 11 is 0. The number of ketones is 1. The number of carbonyl (C=O) groups is 1. The summed E-state index contributed by atoms with van der Waals surface area (Å²) in [6.45, 7) is -0.935. The second kappa shape index (κ2) is 2.05. The zero-order valence-corrected chi connectivity index (χ0v) is 6.32. The first-order valence-corrected chi connectivity index (χ1v) is 3.16. The molecular weight excluding hydrogens is 140 g/mol. The van der Waals surface area contributed by atoms with Gasteiger partial charge in [0.25, 0.3) is 0 Å². The average Bonchev–Trinajstić information content (AvgIpc) is 2.39. The maximum Gasteiger partial charge on any atom is 0.212 e. The van der Waals surface area contributed by atoms with Gasteiger partial charge >= 0.3 is 0 Å². The van der Waals surface area contributed by atoms with E-state index in [1.54, 1.807) is 0 Å². The van der Waals surface area contributed by atoms with E-state index in [9.17, 15) is 4.79 Å². The van der Waals surface area contributed by atoms with Crippen LogP contribution in [0.1, 0.15) is 27.6 Å². The Bertz CT molecular complexity index is 429. The minimum atomic E-state index is -2.61. The van der Waals surface area contributed by atoms with Crippen LogP contribution < -0.4 is 0 Å². The zero-order valence-electron chi connectivity index (χ0n) is 12.3. The zero-order chi connectivity index (χ0) is 13.6. The van der Waals surface area contributed by atoms with Crippen LogP contribution in [0.25, 0.3) is 0 Å². The van der Waals surface area contributed by atoms with Crippen molar-refractivity contribution in [2.24, 2.45) is 0 Å². The van der Waals surface area contributed by atoms with Crippen LogP contribution in [0.5, 0.6) is 0 Å². The van der Waals surface area contributed by atoms with Crippen molar-refractivity contribution >= 4 is 5.78 Å². The Labute approximate surface area is 74.7 Å². The first-order chi connectivity index (χ1) is 7.57. The molecule has 1 atom stereocenters. The van der Waals surface area contributed by atoms with E-state index in [4.69, 9.17) is 8.28 Å². The molecule has 0 aromatic heterocycles. The monoisotopic (exact) mass is 158 g/mol. The maximum atomic E-state index is 11.9. The highest BCUT2D eigenvalue weighted by atomic mass is 16.3. The molecule has 0 saturated heterocycles. The van der Waals surface area contributed by atoms with Gasteiger partial charge in [-0.25, -0.2) is 0 Å². The average molecular weight is 158 g/mol. The fourth-order valence-electron chi connectivity index (χ4n) is 1.01. The van der Waals surface area contributed by atoms with Crippen molar-refractivity contribution in [3.8, 4) is 0 Å². The largest absolute Gasteiger partial charge is 0.377 e. The molecule has 0 aliphatic heterocycles. The number of hydrogen-bond acceptors (Lipinski definition) is 2. The third kappa shape index (κ3) is 0.862. The van der Waals surface area contributed by atoms with Crippen LogP contribution >= 0.6 is 0 Å². The second-order valence-electron chi connectivity index (χ2n) is 2.74. The highest BCUT2D eigenvalue weighted by Gasteiger charge is 2.41. The van der Waals surface area contributed by atoms with Crippen molar-refractivity contribution < 1.29 is 16.8 Å². The minimum absolute atomic E-state index is 0.0771. The molecule has 11 heavy (non-hydrogen) atoms. The molecule has 1 unspecified atom stereocenters. The molecule has 0 aromatic carbocycles. The van der Waals surface area contributed by atoms with Crippen LogP contribution in [-0.2, 0) is 4.79 Å². The van der Waals surface area contributed by atoms with Crippen molar-refractivity contribution in [3.05, 3.63) is 23.3 Å². The maximum absolute atomic E-state index is 11.9. The lowest BCUT2D eigenvalue weighted by atomic mass is 9.96. The summed E-state index contributed by atoms with van der Waals surface area (Å²) < 4.78 is 43.4. The highest BCUT2D eigenvalue weighted by molar-refractivity contribution is 6.08. The van der Waals surface area contributed by atoms with Gasteiger partial charge in [-0.1, -0.05) is 6.53 Å². The summed E-state index contributed by atoms with van der Waals surface area (Å²) in [6.07, 6.45) is 0. The van der Waals surface area contributed by atoms with Crippen molar-refractivity contribution in [2.45, 2.75) is 26.3 Å². The van der Waals surface area contributed by atoms with E-state index in [1.807, 2.05) is 0 Å². The topological polar surface area (TPSA) is 37.3 Å². The fourth-order valence-corrected chi connectivity index (χ4v) is 1.01. The summed E-state index contributed by atoms with van der Waals surface area (Å²) in [6, 6.07) is 0. The van der Waals surface area contributed by atoms with Gasteiger partial charge in [0.1, 0.15) is 5.60 Å². The summed E-state index contributed by atoms with van der Waals surface area (Å²) in [5.41, 5.74) is -2.65. The lowest BCUT2D eigenvalue weighted by Gasteiger charge is -2.16. The summed E-state index contributed by atoms with van der Waals surface area (Å²) in [5, 5.41) is 4.29. The smallest absolute Gasteiger partial charge is 0.212 e. The molecule has 0 fully saturated rings. The van der Waals surface area contributed by atoms with Crippen LogP contribution in [0.4, 0.5) is 0 Å². The lowest BCUT2D eigenvalue weighted by Crippen LogP contribution is -2.32. The van der Waals surface area contributed by atoms with Crippen LogP contribution in [0.3, 0.4) is 0 Å². The van der Waals surface area contributed by atoms with E-state index < -0.39 is 24.8 Å². The van der Waals surface area contributed by atoms with Crippen molar-refractivity contribution in [2.75, 3.05) is 0 Å². The molecule has 1 aliphatic rings. The number of Topliss-reactive ketones (excluding diaryl/α,β-unsaturated/α-hetero) is 1. The van der Waals surface area contributed by atoms with Crippen LogP contribution in [-0.4, -0.2) is 17.9 Å². The molecule has 0 spiro atoms. The van der Waals surface area contributed by atoms with Crippen molar-refractivity contribution in [1.82, 2.24) is 0 Å². The standard InChI is InChI=1S/C9H12O2/c1-5-6(2)8(10)9(4,11)7(5)3/h11H,3H2,1-2,4H3/i1D3,3D2,11D. The minimum Gasteiger partial charge on any atom is -0.377 e. The molecule has 1 aliphatic carbocycles. The third-order valence-electron chi connectivity index (χ3n) is 1.88. The van der Waals surface area contributed by atoms with E-state index >= 15 is 0 Å². The first-order valence-electron chi connectivity index (χ1n) is 6.07. The van der Waals surface area contributed by atoms with Gasteiger partial charge in [0.2, 0.25) is 1.43 Å². The van der Waals surface area contributed by atoms with Gasteiger partial charge in [0.05, 0.1) is 2.74 Å². The molecule has 0 heterocycles. The molecule has 0 saturated carbocycles. The summed E-state index contributed by atoms with van der Waals surface area (Å²) in [5.74, 6) is -0.689. The molecule has 0 amide bonds. The van der Waals surface area contributed by atoms with E-state index in [-0.39, 0.29) is 16.7 Å². The number of aliphatic hydroxyl groups is 1. The highest BCUT2D eigenvalue weighted by Crippen LogP contribution is 2.34. The van der Waals surface area contributed by atoms with E-state index in [0.717, 1.165) is 0 Å². The van der Waals surface area contributed by atoms with Gasteiger partial charge in [-0.3, -0.25) is 4.79 Å². The van der Waals surface area contributed by atoms with Gasteiger partial charge in [0, 0.05) is 4.11 Å². The predicted octanol–water partition coefficient (Wildman–Crippen LogP) is 1.21. The summed E-state index contributed by atoms with van der Waals surface area (Å²) in [7, 11) is 0. The summed E-state index contributed by atoms with van der Waals surface area (Å²) in [4.78, 5) is 11.9. The first kappa shape index (κ1) is 3.23. The number of hydrogen-bond donors (Lipinski definition) is 1. The Kier molecular flexibility index (Phi) is 0.602. The van der Waals surface area contributed by atoms with Crippen LogP contribution in [0.15, 0.2) is 23.3 Å². The number of rotatable bonds is 1. The normalized spacial score (nSPS) is 40.5. The Hall–Kier alpha value is -0.890. The fraction of sp³-hybridized carbons (Fsp3) is 0.444. The molecule has 2 heteroatoms. The van der Waals surface area contributed by atoms with Gasteiger partial charge in [-0.05, 0) is 37.4 Å². The molecular formula is C9H12O2. The van der Waals surface area contributed by atoms with Gasteiger partial charge in [0.15, 0.2) is 5.78 Å². The van der Waals surface area contributed by atoms with E-state index in [2.05, 4.69) is 5.11 Å². The van der Waals surface area contributed by atoms with Gasteiger partial charge < -0.3 is 5.11 Å². The second-order valence-corrected chi connectivity index (χ2v) is 2.74. The molecule has 0 aromatic rings. The molecule has 1 rings (SSSR count). The molecule has 1 N–H and O–H groups in total. The molecule has 0 radical (unpaired) electrons. The van der Waals surface area contributed by atoms with E-state index in [1.165, 1.54) is 13.8 Å². The van der Waals surface area contributed by atoms with Gasteiger partial charge in [-0.2, -0.15) is 0 Å². The Morgan fingerprint density at radius 1 is 1.82 bits per heavy atom. The SMILES string of the molecule is [2H]OC1(C)C(=O)C(C)=C(C([2H])([2H])[2H])C1=C([2H])[2H]. The Morgan fingerprint density at radius 2 is 2.55 bits per heavy atom. The van der Waals surface area contributed by atoms with Crippen molar-refractivity contribution in [3.63, 3.8) is 0 Å². The van der Waals surface area contributed by atoms with E-state index in [0.29, 0.717) is 0 Å². The van der Waals surface area contributed by atoms with Crippen LogP contribution in [0.2, 0.25) is 0 Å². The third-order valence-corrected chi connectivity index (χ3v) is 1.88. The van der Waals surface area contributed by atoms with Gasteiger partial charge in [-0.15, -0.1) is 0 Å². The van der Waals surface area contributed by atoms with Crippen LogP contribution in [0, 0.1) is 0 Å². The Balaban J connectivity index is 3.60.